The third-order valence-corrected chi connectivity index (χ3v) is 3.98. The number of thioether (sulfide) groups is 1. The zero-order chi connectivity index (χ0) is 20.2. The number of hydrogen-bond donors (Lipinski definition) is 3. The zero-order valence-corrected chi connectivity index (χ0v) is 15.4. The number of amides is 1. The predicted octanol–water partition coefficient (Wildman–Crippen LogP) is 1.56. The van der Waals surface area contributed by atoms with Gasteiger partial charge in [0.05, 0.1) is 6.04 Å². The van der Waals surface area contributed by atoms with Gasteiger partial charge in [-0.15, -0.1) is 0 Å². The fourth-order valence-corrected chi connectivity index (χ4v) is 2.44. The molecule has 1 aromatic rings. The lowest BCUT2D eigenvalue weighted by atomic mass is 10.2. The quantitative estimate of drug-likeness (QED) is 0.618. The van der Waals surface area contributed by atoms with Gasteiger partial charge in [-0.05, 0) is 19.7 Å². The van der Waals surface area contributed by atoms with Gasteiger partial charge in [-0.2, -0.15) is 24.9 Å². The minimum Gasteiger partial charge on any atom is -0.475 e. The Bertz CT molecular complexity index is 543. The minimum atomic E-state index is -5.08. The molecule has 1 aromatic carbocycles. The molecule has 1 atom stereocenters. The molecule has 1 amide bonds. The van der Waals surface area contributed by atoms with E-state index in [0.29, 0.717) is 12.3 Å². The molecule has 6 nitrogen and oxygen atoms in total. The van der Waals surface area contributed by atoms with Crippen LogP contribution in [0.4, 0.5) is 13.2 Å². The van der Waals surface area contributed by atoms with Gasteiger partial charge in [-0.3, -0.25) is 4.79 Å². The van der Waals surface area contributed by atoms with E-state index in [2.05, 4.69) is 17.4 Å². The molecule has 4 N–H and O–H groups in total. The molecule has 0 heterocycles. The van der Waals surface area contributed by atoms with Crippen molar-refractivity contribution < 1.29 is 27.9 Å². The van der Waals surface area contributed by atoms with Crippen molar-refractivity contribution in [3.63, 3.8) is 0 Å². The second-order valence-corrected chi connectivity index (χ2v) is 6.53. The Kier molecular flexibility index (Phi) is 11.7. The van der Waals surface area contributed by atoms with E-state index in [4.69, 9.17) is 15.6 Å². The highest BCUT2D eigenvalue weighted by molar-refractivity contribution is 7.98. The number of rotatable bonds is 8. The van der Waals surface area contributed by atoms with Crippen LogP contribution in [0.2, 0.25) is 0 Å². The summed E-state index contributed by atoms with van der Waals surface area (Å²) in [6.45, 7) is 1.47. The van der Waals surface area contributed by atoms with Gasteiger partial charge in [0.1, 0.15) is 0 Å². The van der Waals surface area contributed by atoms with Crippen molar-refractivity contribution in [2.75, 3.05) is 32.9 Å². The lowest BCUT2D eigenvalue weighted by Crippen LogP contribution is -2.44. The Morgan fingerprint density at radius 2 is 1.81 bits per heavy atom. The number of nitrogens with one attached hydrogen (secondary N) is 1. The first-order valence-electron chi connectivity index (χ1n) is 7.63. The van der Waals surface area contributed by atoms with Crippen molar-refractivity contribution in [1.29, 1.82) is 0 Å². The van der Waals surface area contributed by atoms with Crippen molar-refractivity contribution in [2.45, 2.75) is 18.0 Å². The number of carbonyl (C=O) groups excluding carboxylic acids is 1. The summed E-state index contributed by atoms with van der Waals surface area (Å²) in [7, 11) is 3.95. The standard InChI is InChI=1S/C14H23N3OS.C2HF3O2/c1-17(2)9-8-16-14(18)13(15)11-19-10-12-6-4-3-5-7-12;3-2(4,5)1(6)7/h3-7,13H,8-11,15H2,1-2H3,(H,16,18);(H,6,7)/t13-;/m0./s1. The van der Waals surface area contributed by atoms with E-state index >= 15 is 0 Å². The number of likely N-dealkylation sites (N-methyl/N-ethyl adjacent to an activating group) is 1. The van der Waals surface area contributed by atoms with Gasteiger partial charge in [0.2, 0.25) is 5.91 Å². The van der Waals surface area contributed by atoms with E-state index in [9.17, 15) is 18.0 Å². The van der Waals surface area contributed by atoms with Crippen LogP contribution in [0.5, 0.6) is 0 Å². The molecule has 0 unspecified atom stereocenters. The number of carbonyl (C=O) groups is 2. The third-order valence-electron chi connectivity index (χ3n) is 2.85. The van der Waals surface area contributed by atoms with Gasteiger partial charge in [-0.25, -0.2) is 4.79 Å². The van der Waals surface area contributed by atoms with Crippen LogP contribution in [-0.2, 0) is 15.3 Å². The molecule has 1 rings (SSSR count). The van der Waals surface area contributed by atoms with Gasteiger partial charge in [0, 0.05) is 24.6 Å². The molecular formula is C16H24F3N3O3S. The minimum absolute atomic E-state index is 0.0672. The van der Waals surface area contributed by atoms with Gasteiger partial charge in [0.25, 0.3) is 0 Å². The number of nitrogens with two attached hydrogens (primary N) is 1. The highest BCUT2D eigenvalue weighted by Crippen LogP contribution is 2.13. The van der Waals surface area contributed by atoms with E-state index < -0.39 is 18.2 Å². The maximum Gasteiger partial charge on any atom is 0.490 e. The normalized spacial score (nSPS) is 12.1. The fraction of sp³-hybridized carbons (Fsp3) is 0.500. The van der Waals surface area contributed by atoms with Crippen LogP contribution in [0.25, 0.3) is 0 Å². The monoisotopic (exact) mass is 395 g/mol. The summed E-state index contributed by atoms with van der Waals surface area (Å²) in [6.07, 6.45) is -5.08. The molecule has 0 saturated carbocycles. The first-order chi connectivity index (χ1) is 12.0. The molecule has 0 aliphatic rings. The molecule has 0 saturated heterocycles. The number of aliphatic carboxylic acids is 1. The summed E-state index contributed by atoms with van der Waals surface area (Å²) >= 11 is 1.69. The van der Waals surface area contributed by atoms with Crippen molar-refractivity contribution in [3.8, 4) is 0 Å². The summed E-state index contributed by atoms with van der Waals surface area (Å²) in [6, 6.07) is 9.76. The Morgan fingerprint density at radius 3 is 2.27 bits per heavy atom. The smallest absolute Gasteiger partial charge is 0.475 e. The third kappa shape index (κ3) is 12.6. The Labute approximate surface area is 154 Å². The van der Waals surface area contributed by atoms with Gasteiger partial charge in [-0.1, -0.05) is 30.3 Å². The molecule has 0 aliphatic carbocycles. The lowest BCUT2D eigenvalue weighted by molar-refractivity contribution is -0.192. The Hall–Kier alpha value is -1.78. The van der Waals surface area contributed by atoms with E-state index in [1.807, 2.05) is 37.2 Å². The van der Waals surface area contributed by atoms with Crippen molar-refractivity contribution in [1.82, 2.24) is 10.2 Å². The number of benzene rings is 1. The van der Waals surface area contributed by atoms with E-state index in [1.165, 1.54) is 5.56 Å². The highest BCUT2D eigenvalue weighted by atomic mass is 32.2. The van der Waals surface area contributed by atoms with Gasteiger partial charge >= 0.3 is 12.1 Å². The summed E-state index contributed by atoms with van der Waals surface area (Å²) in [5, 5.41) is 9.97. The van der Waals surface area contributed by atoms with Crippen LogP contribution < -0.4 is 11.1 Å². The largest absolute Gasteiger partial charge is 0.490 e. The summed E-state index contributed by atoms with van der Waals surface area (Å²) < 4.78 is 31.7. The number of alkyl halides is 3. The second-order valence-electron chi connectivity index (χ2n) is 5.50. The van der Waals surface area contributed by atoms with Crippen LogP contribution in [0.3, 0.4) is 0 Å². The molecule has 0 aromatic heterocycles. The molecule has 0 fully saturated rings. The Morgan fingerprint density at radius 1 is 1.27 bits per heavy atom. The Balaban J connectivity index is 0.000000758. The van der Waals surface area contributed by atoms with Crippen LogP contribution in [0.15, 0.2) is 30.3 Å². The van der Waals surface area contributed by atoms with Gasteiger partial charge < -0.3 is 21.1 Å². The number of hydrogen-bond acceptors (Lipinski definition) is 5. The molecule has 0 radical (unpaired) electrons. The zero-order valence-electron chi connectivity index (χ0n) is 14.6. The molecule has 0 bridgehead atoms. The van der Waals surface area contributed by atoms with E-state index in [0.717, 1.165) is 12.3 Å². The highest BCUT2D eigenvalue weighted by Gasteiger charge is 2.38. The molecule has 148 valence electrons. The first-order valence-corrected chi connectivity index (χ1v) is 8.79. The number of carboxylic acid groups (broad SMARTS) is 1. The summed E-state index contributed by atoms with van der Waals surface area (Å²) in [4.78, 5) is 22.6. The molecule has 26 heavy (non-hydrogen) atoms. The van der Waals surface area contributed by atoms with E-state index in [1.54, 1.807) is 11.8 Å². The first kappa shape index (κ1) is 24.2. The molecule has 0 spiro atoms. The van der Waals surface area contributed by atoms with Gasteiger partial charge in [0.15, 0.2) is 0 Å². The summed E-state index contributed by atoms with van der Waals surface area (Å²) in [5.74, 6) is -1.29. The fourth-order valence-electron chi connectivity index (χ4n) is 1.49. The van der Waals surface area contributed by atoms with Crippen LogP contribution >= 0.6 is 11.8 Å². The van der Waals surface area contributed by atoms with Crippen LogP contribution in [-0.4, -0.2) is 67.0 Å². The number of carboxylic acids is 1. The maximum absolute atomic E-state index is 11.7. The lowest BCUT2D eigenvalue weighted by Gasteiger charge is -2.14. The summed E-state index contributed by atoms with van der Waals surface area (Å²) in [5.41, 5.74) is 7.11. The van der Waals surface area contributed by atoms with Crippen molar-refractivity contribution in [2.24, 2.45) is 5.73 Å². The number of nitrogens with zero attached hydrogens (tertiary/aromatic N) is 1. The maximum atomic E-state index is 11.7. The number of halogens is 3. The average Bonchev–Trinajstić information content (AvgIpc) is 2.55. The molecule has 10 heteroatoms. The van der Waals surface area contributed by atoms with Crippen LogP contribution in [0, 0.1) is 0 Å². The van der Waals surface area contributed by atoms with E-state index in [-0.39, 0.29) is 5.91 Å². The van der Waals surface area contributed by atoms with Crippen molar-refractivity contribution in [3.05, 3.63) is 35.9 Å². The van der Waals surface area contributed by atoms with Crippen LogP contribution in [0.1, 0.15) is 5.56 Å². The average molecular weight is 395 g/mol. The molecular weight excluding hydrogens is 371 g/mol. The van der Waals surface area contributed by atoms with Crippen molar-refractivity contribution >= 4 is 23.6 Å². The SMILES string of the molecule is CN(C)CCNC(=O)[C@@H](N)CSCc1ccccc1.O=C(O)C(F)(F)F. The predicted molar refractivity (Wildman–Crippen MR) is 95.8 cm³/mol. The topological polar surface area (TPSA) is 95.7 Å². The molecule has 0 aliphatic heterocycles. The second kappa shape index (κ2) is 12.6.